The summed E-state index contributed by atoms with van der Waals surface area (Å²) < 4.78 is 0. The van der Waals surface area contributed by atoms with Crippen molar-refractivity contribution in [3.63, 3.8) is 0 Å². The Labute approximate surface area is 126 Å². The van der Waals surface area contributed by atoms with Gasteiger partial charge in [-0.15, -0.1) is 0 Å². The zero-order chi connectivity index (χ0) is 14.7. The Kier molecular flexibility index (Phi) is 3.51. The summed E-state index contributed by atoms with van der Waals surface area (Å²) in [7, 11) is 0. The van der Waals surface area contributed by atoms with Gasteiger partial charge in [-0.2, -0.15) is 5.26 Å². The summed E-state index contributed by atoms with van der Waals surface area (Å²) in [5, 5.41) is 11.0. The molecular weight excluding hydrogens is 282 g/mol. The van der Waals surface area contributed by atoms with Crippen LogP contribution < -0.4 is 0 Å². The van der Waals surface area contributed by atoms with Crippen molar-refractivity contribution in [2.45, 2.75) is 0 Å². The van der Waals surface area contributed by atoms with Crippen LogP contribution in [-0.4, -0.2) is 9.97 Å². The van der Waals surface area contributed by atoms with Crippen molar-refractivity contribution in [3.8, 4) is 17.9 Å². The van der Waals surface area contributed by atoms with Gasteiger partial charge in [0.25, 0.3) is 0 Å². The van der Waals surface area contributed by atoms with Gasteiger partial charge < -0.3 is 0 Å². The zero-order valence-corrected chi connectivity index (χ0v) is 11.6. The molecule has 3 rings (SSSR count). The van der Waals surface area contributed by atoms with Crippen LogP contribution in [0.4, 0.5) is 0 Å². The molecular formula is C17H8ClN3. The fourth-order valence-electron chi connectivity index (χ4n) is 1.90. The first kappa shape index (κ1) is 13.1. The monoisotopic (exact) mass is 289 g/mol. The fourth-order valence-corrected chi connectivity index (χ4v) is 2.06. The Bertz CT molecular complexity index is 913. The lowest BCUT2D eigenvalue weighted by atomic mass is 10.1. The third-order valence-electron chi connectivity index (χ3n) is 2.95. The number of rotatable bonds is 0. The van der Waals surface area contributed by atoms with E-state index in [4.69, 9.17) is 16.9 Å². The minimum Gasteiger partial charge on any atom is -0.247 e. The van der Waals surface area contributed by atoms with Crippen LogP contribution in [0.1, 0.15) is 16.8 Å². The highest BCUT2D eigenvalue weighted by molar-refractivity contribution is 6.30. The van der Waals surface area contributed by atoms with Crippen LogP contribution in [0.2, 0.25) is 5.15 Å². The van der Waals surface area contributed by atoms with Gasteiger partial charge in [-0.1, -0.05) is 17.5 Å². The van der Waals surface area contributed by atoms with Crippen LogP contribution >= 0.6 is 11.6 Å². The predicted octanol–water partition coefficient (Wildman–Crippen LogP) is 3.55. The van der Waals surface area contributed by atoms with Gasteiger partial charge in [0.15, 0.2) is 0 Å². The zero-order valence-electron chi connectivity index (χ0n) is 10.8. The average Bonchev–Trinajstić information content (AvgIpc) is 2.53. The summed E-state index contributed by atoms with van der Waals surface area (Å²) in [4.78, 5) is 8.33. The molecule has 3 nitrogen and oxygen atoms in total. The third-order valence-corrected chi connectivity index (χ3v) is 3.16. The molecule has 98 valence electrons. The summed E-state index contributed by atoms with van der Waals surface area (Å²) >= 11 is 5.92. The van der Waals surface area contributed by atoms with Crippen LogP contribution in [0.25, 0.3) is 10.8 Å². The van der Waals surface area contributed by atoms with Gasteiger partial charge in [0.05, 0.1) is 11.6 Å². The normalized spacial score (nSPS) is 9.71. The molecule has 0 atom stereocenters. The molecule has 0 fully saturated rings. The minimum absolute atomic E-state index is 0.414. The molecule has 0 aliphatic heterocycles. The summed E-state index contributed by atoms with van der Waals surface area (Å²) in [5.41, 5.74) is 2.09. The topological polar surface area (TPSA) is 49.6 Å². The highest BCUT2D eigenvalue weighted by Gasteiger charge is 2.01. The van der Waals surface area contributed by atoms with Crippen molar-refractivity contribution in [1.82, 2.24) is 9.97 Å². The van der Waals surface area contributed by atoms with Gasteiger partial charge in [-0.25, -0.2) is 9.97 Å². The second-order valence-corrected chi connectivity index (χ2v) is 4.71. The van der Waals surface area contributed by atoms with Crippen molar-refractivity contribution in [3.05, 3.63) is 70.8 Å². The highest BCUT2D eigenvalue weighted by Crippen LogP contribution is 2.18. The number of halogens is 1. The molecule has 0 amide bonds. The first-order chi connectivity index (χ1) is 10.3. The quantitative estimate of drug-likeness (QED) is 0.470. The summed E-state index contributed by atoms with van der Waals surface area (Å²) in [5.74, 6) is 6.08. The number of benzene rings is 1. The van der Waals surface area contributed by atoms with Gasteiger partial charge in [0.2, 0.25) is 0 Å². The third kappa shape index (κ3) is 2.84. The van der Waals surface area contributed by atoms with Crippen molar-refractivity contribution in [2.24, 2.45) is 0 Å². The van der Waals surface area contributed by atoms with Crippen LogP contribution in [0, 0.1) is 23.2 Å². The molecule has 2 aromatic heterocycles. The molecule has 0 aliphatic carbocycles. The SMILES string of the molecule is N#Cc1ccc(C#Cc2nccc3cnc(Cl)cc23)cc1. The fraction of sp³-hybridized carbons (Fsp3) is 0. The second-order valence-electron chi connectivity index (χ2n) is 4.33. The smallest absolute Gasteiger partial charge is 0.129 e. The molecule has 2 heterocycles. The molecule has 0 bridgehead atoms. The van der Waals surface area contributed by atoms with Crippen molar-refractivity contribution in [1.29, 1.82) is 5.26 Å². The average molecular weight is 290 g/mol. The van der Waals surface area contributed by atoms with Crippen LogP contribution in [0.5, 0.6) is 0 Å². The number of hydrogen-bond acceptors (Lipinski definition) is 3. The number of nitriles is 1. The lowest BCUT2D eigenvalue weighted by molar-refractivity contribution is 1.30. The van der Waals surface area contributed by atoms with Gasteiger partial charge in [0, 0.05) is 28.7 Å². The molecule has 0 saturated carbocycles. The van der Waals surface area contributed by atoms with Gasteiger partial charge in [-0.05, 0) is 42.3 Å². The van der Waals surface area contributed by atoms with E-state index < -0.39 is 0 Å². The molecule has 0 unspecified atom stereocenters. The van der Waals surface area contributed by atoms with E-state index >= 15 is 0 Å². The van der Waals surface area contributed by atoms with E-state index in [0.717, 1.165) is 16.3 Å². The lowest BCUT2D eigenvalue weighted by Crippen LogP contribution is -1.87. The van der Waals surface area contributed by atoms with E-state index in [0.29, 0.717) is 16.4 Å². The van der Waals surface area contributed by atoms with E-state index in [2.05, 4.69) is 27.9 Å². The molecule has 0 spiro atoms. The van der Waals surface area contributed by atoms with Crippen molar-refractivity contribution < 1.29 is 0 Å². The molecule has 0 N–H and O–H groups in total. The molecule has 21 heavy (non-hydrogen) atoms. The van der Waals surface area contributed by atoms with Gasteiger partial charge >= 0.3 is 0 Å². The van der Waals surface area contributed by atoms with E-state index in [9.17, 15) is 0 Å². The van der Waals surface area contributed by atoms with Crippen LogP contribution in [0.3, 0.4) is 0 Å². The Hall–Kier alpha value is -2.88. The Balaban J connectivity index is 2.04. The summed E-state index contributed by atoms with van der Waals surface area (Å²) in [6.07, 6.45) is 3.40. The lowest BCUT2D eigenvalue weighted by Gasteiger charge is -1.99. The molecule has 3 aromatic rings. The van der Waals surface area contributed by atoms with E-state index in [1.807, 2.05) is 18.2 Å². The van der Waals surface area contributed by atoms with Crippen LogP contribution in [-0.2, 0) is 0 Å². The molecule has 4 heteroatoms. The Morgan fingerprint density at radius 1 is 0.952 bits per heavy atom. The van der Waals surface area contributed by atoms with Crippen LogP contribution in [0.15, 0.2) is 48.8 Å². The number of aromatic nitrogens is 2. The maximum Gasteiger partial charge on any atom is 0.129 e. The molecule has 0 aliphatic rings. The number of fused-ring (bicyclic) bond motifs is 1. The predicted molar refractivity (Wildman–Crippen MR) is 81.7 cm³/mol. The number of hydrogen-bond donors (Lipinski definition) is 0. The number of pyridine rings is 2. The minimum atomic E-state index is 0.414. The largest absolute Gasteiger partial charge is 0.247 e. The maximum atomic E-state index is 8.77. The van der Waals surface area contributed by atoms with E-state index in [-0.39, 0.29) is 0 Å². The van der Waals surface area contributed by atoms with Gasteiger partial charge in [-0.3, -0.25) is 0 Å². The molecule has 0 radical (unpaired) electrons. The summed E-state index contributed by atoms with van der Waals surface area (Å²) in [6.45, 7) is 0. The van der Waals surface area contributed by atoms with E-state index in [1.54, 1.807) is 30.6 Å². The van der Waals surface area contributed by atoms with Crippen molar-refractivity contribution in [2.75, 3.05) is 0 Å². The first-order valence-electron chi connectivity index (χ1n) is 6.19. The summed E-state index contributed by atoms with van der Waals surface area (Å²) in [6, 6.07) is 12.8. The maximum absolute atomic E-state index is 8.77. The number of nitrogens with zero attached hydrogens (tertiary/aromatic N) is 3. The Morgan fingerprint density at radius 3 is 2.48 bits per heavy atom. The molecule has 1 aromatic carbocycles. The second kappa shape index (κ2) is 5.63. The van der Waals surface area contributed by atoms with Gasteiger partial charge in [0.1, 0.15) is 10.8 Å². The Morgan fingerprint density at radius 2 is 1.71 bits per heavy atom. The standard InChI is InChI=1S/C17H8ClN3/c18-17-9-15-14(11-21-17)7-8-20-16(15)6-5-12-1-3-13(10-19)4-2-12/h1-4,7-9,11H. The first-order valence-corrected chi connectivity index (χ1v) is 6.56. The molecule has 0 saturated heterocycles. The van der Waals surface area contributed by atoms with Crippen molar-refractivity contribution >= 4 is 22.4 Å². The highest BCUT2D eigenvalue weighted by atomic mass is 35.5. The van der Waals surface area contributed by atoms with E-state index in [1.165, 1.54) is 0 Å².